The molecule has 1 aliphatic heterocycles. The summed E-state index contributed by atoms with van der Waals surface area (Å²) in [6.45, 7) is 8.60. The zero-order chi connectivity index (χ0) is 15.2. The molecule has 2 N–H and O–H groups in total. The lowest BCUT2D eigenvalue weighted by atomic mass is 10.0. The average Bonchev–Trinajstić information content (AvgIpc) is 2.48. The van der Waals surface area contributed by atoms with Crippen molar-refractivity contribution in [1.29, 1.82) is 0 Å². The summed E-state index contributed by atoms with van der Waals surface area (Å²) >= 11 is 0. The van der Waals surface area contributed by atoms with Gasteiger partial charge in [0, 0.05) is 18.2 Å². The molecule has 1 fully saturated rings. The molecule has 2 rings (SSSR count). The number of benzene rings is 1. The number of halogens is 1. The van der Waals surface area contributed by atoms with Gasteiger partial charge >= 0.3 is 0 Å². The molecule has 1 saturated heterocycles. The minimum Gasteiger partial charge on any atom is -0.508 e. The maximum Gasteiger partial charge on any atom is 0.123 e. The fourth-order valence-electron chi connectivity index (χ4n) is 3.01. The van der Waals surface area contributed by atoms with E-state index in [1.165, 1.54) is 50.6 Å². The number of hydrogen-bond acceptors (Lipinski definition) is 3. The van der Waals surface area contributed by atoms with Crippen molar-refractivity contribution >= 4 is 0 Å². The molecule has 21 heavy (non-hydrogen) atoms. The second-order valence-corrected chi connectivity index (χ2v) is 6.30. The normalized spacial score (nSPS) is 19.4. The van der Waals surface area contributed by atoms with Gasteiger partial charge in [0.25, 0.3) is 0 Å². The van der Waals surface area contributed by atoms with Crippen molar-refractivity contribution in [2.24, 2.45) is 5.92 Å². The third-order valence-electron chi connectivity index (χ3n) is 4.25. The zero-order valence-corrected chi connectivity index (χ0v) is 13.1. The van der Waals surface area contributed by atoms with Crippen LogP contribution in [0.5, 0.6) is 5.75 Å². The highest BCUT2D eigenvalue weighted by Crippen LogP contribution is 2.24. The van der Waals surface area contributed by atoms with Gasteiger partial charge < -0.3 is 15.3 Å². The van der Waals surface area contributed by atoms with E-state index in [0.29, 0.717) is 11.5 Å². The highest BCUT2D eigenvalue weighted by atomic mass is 19.1. The molecule has 2 atom stereocenters. The Morgan fingerprint density at radius 1 is 1.24 bits per heavy atom. The van der Waals surface area contributed by atoms with Crippen molar-refractivity contribution in [1.82, 2.24) is 10.2 Å². The van der Waals surface area contributed by atoms with Crippen LogP contribution in [0, 0.1) is 11.7 Å². The summed E-state index contributed by atoms with van der Waals surface area (Å²) in [5.41, 5.74) is 0.625. The first-order chi connectivity index (χ1) is 10.1. The van der Waals surface area contributed by atoms with Gasteiger partial charge in [-0.2, -0.15) is 0 Å². The molecule has 1 heterocycles. The molecule has 0 spiro atoms. The number of phenolic OH excluding ortho intramolecular Hbond substituents is 1. The van der Waals surface area contributed by atoms with E-state index in [-0.39, 0.29) is 17.6 Å². The summed E-state index contributed by atoms with van der Waals surface area (Å²) < 4.78 is 13.3. The number of phenols is 1. The van der Waals surface area contributed by atoms with E-state index in [4.69, 9.17) is 0 Å². The first kappa shape index (κ1) is 16.2. The number of rotatable bonds is 6. The van der Waals surface area contributed by atoms with Crippen molar-refractivity contribution in [3.05, 3.63) is 29.6 Å². The van der Waals surface area contributed by atoms with Gasteiger partial charge in [0.1, 0.15) is 11.6 Å². The monoisotopic (exact) mass is 294 g/mol. The smallest absolute Gasteiger partial charge is 0.123 e. The van der Waals surface area contributed by atoms with Crippen LogP contribution in [-0.4, -0.2) is 36.2 Å². The molecular weight excluding hydrogens is 267 g/mol. The summed E-state index contributed by atoms with van der Waals surface area (Å²) in [4.78, 5) is 2.53. The second-order valence-electron chi connectivity index (χ2n) is 6.30. The van der Waals surface area contributed by atoms with Crippen LogP contribution in [0.15, 0.2) is 18.2 Å². The Bertz CT molecular complexity index is 446. The van der Waals surface area contributed by atoms with E-state index in [2.05, 4.69) is 17.1 Å². The third-order valence-corrected chi connectivity index (χ3v) is 4.25. The molecule has 118 valence electrons. The number of hydrogen-bond donors (Lipinski definition) is 2. The SMILES string of the molecule is CC(CNC(C)c1cc(F)ccc1O)CN1CCCCC1. The summed E-state index contributed by atoms with van der Waals surface area (Å²) in [6, 6.07) is 4.05. The molecule has 3 nitrogen and oxygen atoms in total. The van der Waals surface area contributed by atoms with Crippen molar-refractivity contribution in [3.63, 3.8) is 0 Å². The number of piperidine rings is 1. The predicted octanol–water partition coefficient (Wildman–Crippen LogP) is 3.30. The number of aromatic hydroxyl groups is 1. The van der Waals surface area contributed by atoms with Gasteiger partial charge in [-0.1, -0.05) is 13.3 Å². The Morgan fingerprint density at radius 2 is 1.95 bits per heavy atom. The van der Waals surface area contributed by atoms with Gasteiger partial charge in [0.15, 0.2) is 0 Å². The maximum absolute atomic E-state index is 13.3. The van der Waals surface area contributed by atoms with Crippen LogP contribution in [0.1, 0.15) is 44.7 Å². The van der Waals surface area contributed by atoms with Crippen LogP contribution in [0.4, 0.5) is 4.39 Å². The first-order valence-corrected chi connectivity index (χ1v) is 8.00. The van der Waals surface area contributed by atoms with Crippen molar-refractivity contribution in [2.75, 3.05) is 26.2 Å². The number of nitrogens with zero attached hydrogens (tertiary/aromatic N) is 1. The lowest BCUT2D eigenvalue weighted by Crippen LogP contribution is -2.37. The van der Waals surface area contributed by atoms with E-state index in [0.717, 1.165) is 13.1 Å². The van der Waals surface area contributed by atoms with Crippen LogP contribution in [-0.2, 0) is 0 Å². The van der Waals surface area contributed by atoms with Crippen LogP contribution >= 0.6 is 0 Å². The van der Waals surface area contributed by atoms with Gasteiger partial charge in [-0.25, -0.2) is 4.39 Å². The van der Waals surface area contributed by atoms with Crippen molar-refractivity contribution in [3.8, 4) is 5.75 Å². The van der Waals surface area contributed by atoms with Crippen LogP contribution in [0.25, 0.3) is 0 Å². The summed E-state index contributed by atoms with van der Waals surface area (Å²) in [7, 11) is 0. The fourth-order valence-corrected chi connectivity index (χ4v) is 3.01. The highest BCUT2D eigenvalue weighted by molar-refractivity contribution is 5.34. The standard InChI is InChI=1S/C17H27FN2O/c1-13(12-20-8-4-3-5-9-20)11-19-14(2)16-10-15(18)6-7-17(16)21/h6-7,10,13-14,19,21H,3-5,8-9,11-12H2,1-2H3. The molecule has 0 aromatic heterocycles. The molecular formula is C17H27FN2O. The molecule has 4 heteroatoms. The molecule has 1 aromatic rings. The first-order valence-electron chi connectivity index (χ1n) is 8.00. The van der Waals surface area contributed by atoms with E-state index in [1.54, 1.807) is 0 Å². The van der Waals surface area contributed by atoms with E-state index in [1.807, 2.05) is 6.92 Å². The van der Waals surface area contributed by atoms with E-state index < -0.39 is 0 Å². The summed E-state index contributed by atoms with van der Waals surface area (Å²) in [6.07, 6.45) is 3.99. The topological polar surface area (TPSA) is 35.5 Å². The number of likely N-dealkylation sites (tertiary alicyclic amines) is 1. The van der Waals surface area contributed by atoms with Gasteiger partial charge in [-0.15, -0.1) is 0 Å². The van der Waals surface area contributed by atoms with Crippen LogP contribution in [0.2, 0.25) is 0 Å². The molecule has 0 amide bonds. The Kier molecular flexibility index (Phi) is 6.00. The van der Waals surface area contributed by atoms with E-state index in [9.17, 15) is 9.50 Å². The minimum atomic E-state index is -0.308. The molecule has 0 bridgehead atoms. The molecule has 1 aliphatic rings. The highest BCUT2D eigenvalue weighted by Gasteiger charge is 2.15. The lowest BCUT2D eigenvalue weighted by molar-refractivity contribution is 0.197. The maximum atomic E-state index is 13.3. The zero-order valence-electron chi connectivity index (χ0n) is 13.1. The van der Waals surface area contributed by atoms with E-state index >= 15 is 0 Å². The molecule has 1 aromatic carbocycles. The molecule has 0 radical (unpaired) electrons. The molecule has 2 unspecified atom stereocenters. The third kappa shape index (κ3) is 4.97. The average molecular weight is 294 g/mol. The van der Waals surface area contributed by atoms with Crippen molar-refractivity contribution < 1.29 is 9.50 Å². The molecule has 0 saturated carbocycles. The van der Waals surface area contributed by atoms with Gasteiger partial charge in [0.2, 0.25) is 0 Å². The Balaban J connectivity index is 1.79. The molecule has 0 aliphatic carbocycles. The van der Waals surface area contributed by atoms with Gasteiger partial charge in [-0.3, -0.25) is 0 Å². The van der Waals surface area contributed by atoms with Crippen LogP contribution < -0.4 is 5.32 Å². The van der Waals surface area contributed by atoms with Crippen LogP contribution in [0.3, 0.4) is 0 Å². The number of nitrogens with one attached hydrogen (secondary N) is 1. The lowest BCUT2D eigenvalue weighted by Gasteiger charge is -2.29. The summed E-state index contributed by atoms with van der Waals surface area (Å²) in [5.74, 6) is 0.388. The fraction of sp³-hybridized carbons (Fsp3) is 0.647. The quantitative estimate of drug-likeness (QED) is 0.845. The Hall–Kier alpha value is -1.13. The van der Waals surface area contributed by atoms with Gasteiger partial charge in [0.05, 0.1) is 0 Å². The Morgan fingerprint density at radius 3 is 2.67 bits per heavy atom. The van der Waals surface area contributed by atoms with Gasteiger partial charge in [-0.05, 0) is 63.5 Å². The Labute approximate surface area is 127 Å². The largest absolute Gasteiger partial charge is 0.508 e. The second kappa shape index (κ2) is 7.76. The summed E-state index contributed by atoms with van der Waals surface area (Å²) in [5, 5.41) is 13.2. The minimum absolute atomic E-state index is 0.0514. The predicted molar refractivity (Wildman–Crippen MR) is 83.9 cm³/mol. The van der Waals surface area contributed by atoms with Crippen molar-refractivity contribution in [2.45, 2.75) is 39.2 Å².